The second-order valence-corrected chi connectivity index (χ2v) is 7.53. The number of carbonyl (C=O) groups excluding carboxylic acids is 1. The van der Waals surface area contributed by atoms with Crippen LogP contribution in [0.5, 0.6) is 0 Å². The van der Waals surface area contributed by atoms with Crippen LogP contribution in [0.4, 0.5) is 18.9 Å². The summed E-state index contributed by atoms with van der Waals surface area (Å²) in [5.74, 6) is 0.172. The Labute approximate surface area is 183 Å². The number of alkyl halides is 3. The Morgan fingerprint density at radius 1 is 0.968 bits per heavy atom. The van der Waals surface area contributed by atoms with Crippen LogP contribution in [0.1, 0.15) is 15.9 Å². The summed E-state index contributed by atoms with van der Waals surface area (Å²) in [4.78, 5) is 17.1. The Balaban J connectivity index is 1.63. The minimum atomic E-state index is -4.50. The fraction of sp³-hybridized carbons (Fsp3) is 0.0435. The van der Waals surface area contributed by atoms with Gasteiger partial charge < -0.3 is 9.73 Å². The van der Waals surface area contributed by atoms with E-state index in [1.54, 1.807) is 30.5 Å². The lowest BCUT2D eigenvalue weighted by Gasteiger charge is -2.11. The first-order valence-electron chi connectivity index (χ1n) is 9.11. The smallest absolute Gasteiger partial charge is 0.416 e. The molecule has 0 aliphatic heterocycles. The van der Waals surface area contributed by atoms with E-state index in [-0.39, 0.29) is 17.1 Å². The molecule has 4 nitrogen and oxygen atoms in total. The first-order chi connectivity index (χ1) is 14.8. The van der Waals surface area contributed by atoms with Crippen molar-refractivity contribution in [3.05, 3.63) is 94.6 Å². The van der Waals surface area contributed by atoms with Crippen LogP contribution in [0, 0.1) is 0 Å². The van der Waals surface area contributed by atoms with Gasteiger partial charge in [0.25, 0.3) is 5.91 Å². The highest BCUT2D eigenvalue weighted by molar-refractivity contribution is 9.10. The van der Waals surface area contributed by atoms with Gasteiger partial charge in [-0.1, -0.05) is 46.3 Å². The topological polar surface area (TPSA) is 55.1 Å². The van der Waals surface area contributed by atoms with Crippen LogP contribution >= 0.6 is 15.9 Å². The molecule has 1 N–H and O–H groups in total. The van der Waals surface area contributed by atoms with Gasteiger partial charge in [0.2, 0.25) is 5.89 Å². The quantitative estimate of drug-likeness (QED) is 0.336. The zero-order chi connectivity index (χ0) is 22.0. The fourth-order valence-electron chi connectivity index (χ4n) is 3.01. The van der Waals surface area contributed by atoms with Crippen molar-refractivity contribution in [2.75, 3.05) is 5.32 Å². The molecule has 0 bridgehead atoms. The van der Waals surface area contributed by atoms with Gasteiger partial charge in [-0.05, 0) is 42.5 Å². The Kier molecular flexibility index (Phi) is 5.65. The van der Waals surface area contributed by atoms with Crippen LogP contribution in [-0.2, 0) is 6.18 Å². The predicted octanol–water partition coefficient (Wildman–Crippen LogP) is 7.04. The van der Waals surface area contributed by atoms with Crippen molar-refractivity contribution in [3.8, 4) is 22.8 Å². The summed E-state index contributed by atoms with van der Waals surface area (Å²) >= 11 is 3.41. The van der Waals surface area contributed by atoms with Crippen LogP contribution in [0.25, 0.3) is 22.8 Å². The third kappa shape index (κ3) is 4.69. The number of carbonyl (C=O) groups is 1. The maximum absolute atomic E-state index is 12.9. The minimum Gasteiger partial charge on any atom is -0.436 e. The molecule has 156 valence electrons. The van der Waals surface area contributed by atoms with E-state index in [0.29, 0.717) is 11.3 Å². The van der Waals surface area contributed by atoms with E-state index >= 15 is 0 Å². The van der Waals surface area contributed by atoms with Crippen LogP contribution < -0.4 is 5.32 Å². The zero-order valence-corrected chi connectivity index (χ0v) is 17.4. The van der Waals surface area contributed by atoms with Gasteiger partial charge in [0.05, 0.1) is 17.3 Å². The van der Waals surface area contributed by atoms with Crippen molar-refractivity contribution < 1.29 is 22.4 Å². The average Bonchev–Trinajstić information content (AvgIpc) is 3.23. The second-order valence-electron chi connectivity index (χ2n) is 6.62. The van der Waals surface area contributed by atoms with E-state index in [9.17, 15) is 18.0 Å². The highest BCUT2D eigenvalue weighted by atomic mass is 79.9. The molecule has 0 atom stereocenters. The molecule has 0 saturated carbocycles. The van der Waals surface area contributed by atoms with Crippen molar-refractivity contribution in [3.63, 3.8) is 0 Å². The van der Waals surface area contributed by atoms with Gasteiger partial charge in [0, 0.05) is 21.3 Å². The second kappa shape index (κ2) is 8.39. The molecule has 0 radical (unpaired) electrons. The normalized spacial score (nSPS) is 11.4. The SMILES string of the molecule is O=C(Nc1cccc(C(F)(F)F)c1)c1ccccc1-c1ncc(-c2cccc(Br)c2)o1. The Morgan fingerprint density at radius 2 is 1.74 bits per heavy atom. The van der Waals surface area contributed by atoms with Gasteiger partial charge in [-0.2, -0.15) is 13.2 Å². The lowest BCUT2D eigenvalue weighted by Crippen LogP contribution is -2.14. The van der Waals surface area contributed by atoms with Crippen LogP contribution in [0.2, 0.25) is 0 Å². The third-order valence-corrected chi connectivity index (χ3v) is 4.96. The first-order valence-corrected chi connectivity index (χ1v) is 9.90. The number of benzene rings is 3. The zero-order valence-electron chi connectivity index (χ0n) is 15.8. The monoisotopic (exact) mass is 486 g/mol. The molecule has 0 aliphatic rings. The first kappa shape index (κ1) is 20.9. The van der Waals surface area contributed by atoms with E-state index in [2.05, 4.69) is 26.2 Å². The molecule has 3 aromatic carbocycles. The van der Waals surface area contributed by atoms with Gasteiger partial charge in [-0.25, -0.2) is 4.98 Å². The largest absolute Gasteiger partial charge is 0.436 e. The van der Waals surface area contributed by atoms with Crippen molar-refractivity contribution in [1.82, 2.24) is 4.98 Å². The van der Waals surface area contributed by atoms with Gasteiger partial charge >= 0.3 is 6.18 Å². The Hall–Kier alpha value is -3.39. The molecule has 1 amide bonds. The summed E-state index contributed by atoms with van der Waals surface area (Å²) in [5, 5.41) is 2.51. The van der Waals surface area contributed by atoms with E-state index < -0.39 is 17.6 Å². The third-order valence-electron chi connectivity index (χ3n) is 4.46. The van der Waals surface area contributed by atoms with Crippen molar-refractivity contribution >= 4 is 27.5 Å². The van der Waals surface area contributed by atoms with Crippen LogP contribution in [0.15, 0.2) is 87.9 Å². The van der Waals surface area contributed by atoms with Crippen LogP contribution in [-0.4, -0.2) is 10.9 Å². The predicted molar refractivity (Wildman–Crippen MR) is 114 cm³/mol. The number of anilines is 1. The van der Waals surface area contributed by atoms with Crippen molar-refractivity contribution in [1.29, 1.82) is 0 Å². The number of halogens is 4. The highest BCUT2D eigenvalue weighted by Crippen LogP contribution is 2.32. The lowest BCUT2D eigenvalue weighted by atomic mass is 10.1. The molecule has 0 fully saturated rings. The number of oxazole rings is 1. The molecule has 0 aliphatic carbocycles. The van der Waals surface area contributed by atoms with E-state index in [4.69, 9.17) is 4.42 Å². The molecular weight excluding hydrogens is 473 g/mol. The lowest BCUT2D eigenvalue weighted by molar-refractivity contribution is -0.137. The average molecular weight is 487 g/mol. The summed E-state index contributed by atoms with van der Waals surface area (Å²) in [7, 11) is 0. The standard InChI is InChI=1S/C23H14BrF3N2O2/c24-16-7-3-5-14(11-16)20-13-28-22(31-20)19-10-2-1-9-18(19)21(30)29-17-8-4-6-15(12-17)23(25,26)27/h1-13H,(H,29,30). The fourth-order valence-corrected chi connectivity index (χ4v) is 3.41. The van der Waals surface area contributed by atoms with E-state index in [0.717, 1.165) is 22.2 Å². The molecule has 0 saturated heterocycles. The number of rotatable bonds is 4. The molecule has 31 heavy (non-hydrogen) atoms. The molecule has 1 aromatic heterocycles. The van der Waals surface area contributed by atoms with Gasteiger partial charge in [-0.15, -0.1) is 0 Å². The van der Waals surface area contributed by atoms with E-state index in [1.165, 1.54) is 12.1 Å². The molecule has 0 unspecified atom stereocenters. The minimum absolute atomic E-state index is 0.0388. The van der Waals surface area contributed by atoms with Gasteiger partial charge in [0.15, 0.2) is 5.76 Å². The molecule has 0 spiro atoms. The van der Waals surface area contributed by atoms with Gasteiger partial charge in [0.1, 0.15) is 0 Å². The van der Waals surface area contributed by atoms with Crippen molar-refractivity contribution in [2.45, 2.75) is 6.18 Å². The van der Waals surface area contributed by atoms with Crippen LogP contribution in [0.3, 0.4) is 0 Å². The molecule has 4 aromatic rings. The molecule has 4 rings (SSSR count). The summed E-state index contributed by atoms with van der Waals surface area (Å²) in [6.07, 6.45) is -2.95. The maximum atomic E-state index is 12.9. The van der Waals surface area contributed by atoms with E-state index in [1.807, 2.05) is 24.3 Å². The number of amides is 1. The Bertz CT molecular complexity index is 1250. The number of hydrogen-bond acceptors (Lipinski definition) is 3. The summed E-state index contributed by atoms with van der Waals surface area (Å²) in [6, 6.07) is 18.5. The number of nitrogens with zero attached hydrogens (tertiary/aromatic N) is 1. The number of aromatic nitrogens is 1. The van der Waals surface area contributed by atoms with Crippen molar-refractivity contribution in [2.24, 2.45) is 0 Å². The number of nitrogens with one attached hydrogen (secondary N) is 1. The summed E-state index contributed by atoms with van der Waals surface area (Å²) < 4.78 is 45.6. The molecular formula is C23H14BrF3N2O2. The van der Waals surface area contributed by atoms with Gasteiger partial charge in [-0.3, -0.25) is 4.79 Å². The molecule has 8 heteroatoms. The highest BCUT2D eigenvalue weighted by Gasteiger charge is 2.30. The maximum Gasteiger partial charge on any atom is 0.416 e. The summed E-state index contributed by atoms with van der Waals surface area (Å²) in [5.41, 5.74) is 0.650. The Morgan fingerprint density at radius 3 is 2.52 bits per heavy atom. The molecule has 1 heterocycles. The number of hydrogen-bond donors (Lipinski definition) is 1. The summed E-state index contributed by atoms with van der Waals surface area (Å²) in [6.45, 7) is 0.